The van der Waals surface area contributed by atoms with E-state index < -0.39 is 0 Å². The van der Waals surface area contributed by atoms with Crippen LogP contribution in [0.3, 0.4) is 0 Å². The number of carbonyl (C=O) groups is 2. The van der Waals surface area contributed by atoms with Gasteiger partial charge in [-0.3, -0.25) is 9.59 Å². The highest BCUT2D eigenvalue weighted by Crippen LogP contribution is 2.28. The van der Waals surface area contributed by atoms with Crippen molar-refractivity contribution in [1.82, 2.24) is 24.6 Å². The topological polar surface area (TPSA) is 79.6 Å². The van der Waals surface area contributed by atoms with Gasteiger partial charge in [0.05, 0.1) is 5.92 Å². The predicted molar refractivity (Wildman–Crippen MR) is 87.3 cm³/mol. The summed E-state index contributed by atoms with van der Waals surface area (Å²) in [5, 5.41) is 3.03. The molecule has 0 spiro atoms. The second-order valence-corrected chi connectivity index (χ2v) is 6.71. The minimum absolute atomic E-state index is 0.0754. The van der Waals surface area contributed by atoms with Crippen LogP contribution < -0.4 is 5.32 Å². The van der Waals surface area contributed by atoms with Crippen molar-refractivity contribution in [3.63, 3.8) is 0 Å². The van der Waals surface area contributed by atoms with Gasteiger partial charge in [0.2, 0.25) is 5.91 Å². The van der Waals surface area contributed by atoms with Crippen LogP contribution in [0.4, 0.5) is 0 Å². The maximum absolute atomic E-state index is 12.8. The molecule has 2 aliphatic rings. The first kappa shape index (κ1) is 15.1. The summed E-state index contributed by atoms with van der Waals surface area (Å²) >= 11 is 0. The Labute approximate surface area is 140 Å². The summed E-state index contributed by atoms with van der Waals surface area (Å²) in [6.45, 7) is 1.89. The van der Waals surface area contributed by atoms with Gasteiger partial charge in [0.25, 0.3) is 5.91 Å². The molecule has 7 heteroatoms. The van der Waals surface area contributed by atoms with Crippen LogP contribution in [-0.4, -0.2) is 50.7 Å². The zero-order chi connectivity index (χ0) is 16.5. The van der Waals surface area contributed by atoms with Crippen molar-refractivity contribution in [1.29, 1.82) is 0 Å². The van der Waals surface area contributed by atoms with Crippen molar-refractivity contribution < 1.29 is 9.59 Å². The molecule has 0 radical (unpaired) electrons. The number of nitrogens with one attached hydrogen (secondary N) is 1. The van der Waals surface area contributed by atoms with Crippen LogP contribution in [0.25, 0.3) is 5.65 Å². The number of likely N-dealkylation sites (tertiary alicyclic amines) is 1. The highest BCUT2D eigenvalue weighted by atomic mass is 16.2. The highest BCUT2D eigenvalue weighted by Gasteiger charge is 2.31. The van der Waals surface area contributed by atoms with E-state index in [0.29, 0.717) is 30.3 Å². The molecule has 0 aromatic carbocycles. The lowest BCUT2D eigenvalue weighted by molar-refractivity contribution is -0.126. The molecule has 1 aliphatic heterocycles. The summed E-state index contributed by atoms with van der Waals surface area (Å²) in [6.07, 6.45) is 10.9. The molecule has 1 saturated carbocycles. The molecule has 2 aromatic rings. The fraction of sp³-hybridized carbons (Fsp3) is 0.529. The van der Waals surface area contributed by atoms with Gasteiger partial charge in [0.1, 0.15) is 0 Å². The van der Waals surface area contributed by atoms with Gasteiger partial charge in [-0.15, -0.1) is 0 Å². The Morgan fingerprint density at radius 2 is 1.96 bits per heavy atom. The Morgan fingerprint density at radius 3 is 2.75 bits per heavy atom. The molecule has 1 saturated heterocycles. The number of nitrogens with zero attached hydrogens (tertiary/aromatic N) is 4. The quantitative estimate of drug-likeness (QED) is 0.912. The van der Waals surface area contributed by atoms with E-state index in [1.54, 1.807) is 34.1 Å². The maximum atomic E-state index is 12.8. The monoisotopic (exact) mass is 327 g/mol. The van der Waals surface area contributed by atoms with Crippen LogP contribution >= 0.6 is 0 Å². The first-order valence-electron chi connectivity index (χ1n) is 8.57. The molecule has 2 amide bonds. The predicted octanol–water partition coefficient (Wildman–Crippen LogP) is 1.11. The van der Waals surface area contributed by atoms with Gasteiger partial charge in [-0.2, -0.15) is 0 Å². The van der Waals surface area contributed by atoms with Crippen LogP contribution in [0.5, 0.6) is 0 Å². The largest absolute Gasteiger partial charge is 0.356 e. The summed E-state index contributed by atoms with van der Waals surface area (Å²) < 4.78 is 1.78. The molecule has 1 atom stereocenters. The first-order chi connectivity index (χ1) is 11.7. The zero-order valence-corrected chi connectivity index (χ0v) is 13.5. The number of rotatable bonds is 4. The lowest BCUT2D eigenvalue weighted by atomic mass is 9.96. The minimum Gasteiger partial charge on any atom is -0.356 e. The minimum atomic E-state index is -0.147. The van der Waals surface area contributed by atoms with E-state index in [1.807, 2.05) is 0 Å². The number of amides is 2. The van der Waals surface area contributed by atoms with Crippen molar-refractivity contribution in [2.75, 3.05) is 19.6 Å². The van der Waals surface area contributed by atoms with E-state index in [9.17, 15) is 9.59 Å². The molecule has 4 rings (SSSR count). The summed E-state index contributed by atoms with van der Waals surface area (Å²) in [5.41, 5.74) is 0.907. The number of carbonyl (C=O) groups excluding carboxylic acids is 2. The van der Waals surface area contributed by atoms with Gasteiger partial charge >= 0.3 is 0 Å². The average Bonchev–Trinajstić information content (AvgIpc) is 3.33. The second kappa shape index (κ2) is 6.22. The van der Waals surface area contributed by atoms with E-state index in [0.717, 1.165) is 19.4 Å². The van der Waals surface area contributed by atoms with Crippen molar-refractivity contribution in [3.05, 3.63) is 30.5 Å². The van der Waals surface area contributed by atoms with Gasteiger partial charge in [0, 0.05) is 44.4 Å². The smallest absolute Gasteiger partial charge is 0.276 e. The van der Waals surface area contributed by atoms with Crippen LogP contribution in [0, 0.1) is 11.8 Å². The SMILES string of the molecule is O=C(NCC1CC1)[C@H]1CCCN(C(=O)c2nccn3ccnc23)C1. The number of aromatic nitrogens is 3. The number of imidazole rings is 1. The zero-order valence-electron chi connectivity index (χ0n) is 13.5. The highest BCUT2D eigenvalue weighted by molar-refractivity contribution is 5.98. The lowest BCUT2D eigenvalue weighted by Gasteiger charge is -2.31. The molecule has 1 aliphatic carbocycles. The fourth-order valence-electron chi connectivity index (χ4n) is 3.24. The molecular formula is C17H21N5O2. The average molecular weight is 327 g/mol. The number of piperidine rings is 1. The molecule has 0 unspecified atom stereocenters. The van der Waals surface area contributed by atoms with Gasteiger partial charge in [-0.05, 0) is 31.6 Å². The Balaban J connectivity index is 1.46. The molecule has 24 heavy (non-hydrogen) atoms. The Bertz CT molecular complexity index is 767. The van der Waals surface area contributed by atoms with E-state index in [2.05, 4.69) is 15.3 Å². The summed E-state index contributed by atoms with van der Waals surface area (Å²) in [5.74, 6) is 0.469. The molecule has 2 aromatic heterocycles. The standard InChI is InChI=1S/C17H21N5O2/c23-16(20-10-12-3-4-12)13-2-1-7-22(11-13)17(24)14-15-19-6-9-21(15)8-5-18-14/h5-6,8-9,12-13H,1-4,7,10-11H2,(H,20,23)/t13-/m0/s1. The Hall–Kier alpha value is -2.44. The van der Waals surface area contributed by atoms with E-state index in [-0.39, 0.29) is 17.7 Å². The third-order valence-corrected chi connectivity index (χ3v) is 4.86. The van der Waals surface area contributed by atoms with E-state index in [1.165, 1.54) is 12.8 Å². The molecule has 0 bridgehead atoms. The number of fused-ring (bicyclic) bond motifs is 1. The van der Waals surface area contributed by atoms with Crippen molar-refractivity contribution in [2.24, 2.45) is 11.8 Å². The Morgan fingerprint density at radius 1 is 1.17 bits per heavy atom. The third kappa shape index (κ3) is 2.98. The number of hydrogen-bond acceptors (Lipinski definition) is 4. The van der Waals surface area contributed by atoms with Crippen molar-refractivity contribution in [3.8, 4) is 0 Å². The molecule has 2 fully saturated rings. The van der Waals surface area contributed by atoms with Gasteiger partial charge < -0.3 is 14.6 Å². The van der Waals surface area contributed by atoms with Crippen molar-refractivity contribution >= 4 is 17.5 Å². The molecule has 7 nitrogen and oxygen atoms in total. The second-order valence-electron chi connectivity index (χ2n) is 6.71. The van der Waals surface area contributed by atoms with E-state index >= 15 is 0 Å². The van der Waals surface area contributed by atoms with E-state index in [4.69, 9.17) is 0 Å². The first-order valence-corrected chi connectivity index (χ1v) is 8.57. The van der Waals surface area contributed by atoms with Crippen LogP contribution in [-0.2, 0) is 4.79 Å². The lowest BCUT2D eigenvalue weighted by Crippen LogP contribution is -2.46. The summed E-state index contributed by atoms with van der Waals surface area (Å²) in [4.78, 5) is 35.3. The van der Waals surface area contributed by atoms with Gasteiger partial charge in [0.15, 0.2) is 11.3 Å². The molecule has 1 N–H and O–H groups in total. The number of hydrogen-bond donors (Lipinski definition) is 1. The Kier molecular flexibility index (Phi) is 3.92. The summed E-state index contributed by atoms with van der Waals surface area (Å²) in [7, 11) is 0. The van der Waals surface area contributed by atoms with Crippen LogP contribution in [0.15, 0.2) is 24.8 Å². The normalized spacial score (nSPS) is 21.0. The van der Waals surface area contributed by atoms with Crippen LogP contribution in [0.2, 0.25) is 0 Å². The maximum Gasteiger partial charge on any atom is 0.276 e. The van der Waals surface area contributed by atoms with Crippen molar-refractivity contribution in [2.45, 2.75) is 25.7 Å². The molecule has 126 valence electrons. The van der Waals surface area contributed by atoms with Gasteiger partial charge in [-0.25, -0.2) is 9.97 Å². The van der Waals surface area contributed by atoms with Gasteiger partial charge in [-0.1, -0.05) is 0 Å². The molecular weight excluding hydrogens is 306 g/mol. The van der Waals surface area contributed by atoms with Crippen LogP contribution in [0.1, 0.15) is 36.2 Å². The summed E-state index contributed by atoms with van der Waals surface area (Å²) in [6, 6.07) is 0. The fourth-order valence-corrected chi connectivity index (χ4v) is 3.24. The third-order valence-electron chi connectivity index (χ3n) is 4.86. The molecule has 3 heterocycles.